The van der Waals surface area contributed by atoms with Crippen LogP contribution in [0.3, 0.4) is 0 Å². The van der Waals surface area contributed by atoms with Gasteiger partial charge in [-0.25, -0.2) is 4.79 Å². The summed E-state index contributed by atoms with van der Waals surface area (Å²) in [5, 5.41) is 0. The third-order valence-corrected chi connectivity index (χ3v) is 3.05. The van der Waals surface area contributed by atoms with Crippen molar-refractivity contribution in [3.8, 4) is 0 Å². The average molecular weight is 160 g/mol. The Morgan fingerprint density at radius 2 is 2.20 bits per heavy atom. The molecule has 0 aliphatic heterocycles. The Bertz CT molecular complexity index is 132. The molecule has 0 radical (unpaired) electrons. The van der Waals surface area contributed by atoms with Gasteiger partial charge in [0, 0.05) is 11.7 Å². The first-order valence-corrected chi connectivity index (χ1v) is 4.92. The van der Waals surface area contributed by atoms with E-state index in [2.05, 4.69) is 6.58 Å². The van der Waals surface area contributed by atoms with Crippen molar-refractivity contribution in [3.05, 3.63) is 12.7 Å². The number of rotatable bonds is 3. The molecule has 0 saturated heterocycles. The highest BCUT2D eigenvalue weighted by molar-refractivity contribution is 7.52. The van der Waals surface area contributed by atoms with Crippen LogP contribution in [0.1, 0.15) is 13.8 Å². The van der Waals surface area contributed by atoms with Crippen LogP contribution in [0.15, 0.2) is 12.7 Å². The molecule has 1 unspecified atom stereocenters. The van der Waals surface area contributed by atoms with Crippen LogP contribution in [0, 0.1) is 0 Å². The lowest BCUT2D eigenvalue weighted by Crippen LogP contribution is -2.00. The van der Waals surface area contributed by atoms with Gasteiger partial charge in [0.15, 0.2) is 0 Å². The highest BCUT2D eigenvalue weighted by Gasteiger charge is 2.09. The summed E-state index contributed by atoms with van der Waals surface area (Å²) in [6, 6.07) is 0. The van der Waals surface area contributed by atoms with Crippen LogP contribution in [0.4, 0.5) is 0 Å². The van der Waals surface area contributed by atoms with E-state index in [0.29, 0.717) is 5.66 Å². The van der Waals surface area contributed by atoms with Gasteiger partial charge in [0.2, 0.25) is 0 Å². The summed E-state index contributed by atoms with van der Waals surface area (Å²) >= 11 is 0. The number of hydrogen-bond acceptors (Lipinski definition) is 2. The molecule has 0 heterocycles. The molecule has 0 N–H and O–H groups in total. The summed E-state index contributed by atoms with van der Waals surface area (Å²) < 4.78 is 4.97. The van der Waals surface area contributed by atoms with Gasteiger partial charge in [0.25, 0.3) is 0 Å². The Morgan fingerprint density at radius 3 is 2.50 bits per heavy atom. The molecule has 0 amide bonds. The number of carbonyl (C=O) groups excluding carboxylic acids is 1. The molecule has 0 aromatic carbocycles. The number of hydrogen-bond donors (Lipinski definition) is 0. The molecule has 0 aromatic heterocycles. The Hall–Kier alpha value is -0.360. The van der Waals surface area contributed by atoms with E-state index in [9.17, 15) is 4.79 Å². The predicted octanol–water partition coefficient (Wildman–Crippen LogP) is 2.15. The molecular formula is C7H13O2P. The topological polar surface area (TPSA) is 26.3 Å². The standard InChI is InChI=1S/C7H13O2P/c1-5-7(8)9-10(4)6(2)3/h5-6H,1H2,2-4H3. The first-order chi connectivity index (χ1) is 4.57. The molecule has 1 atom stereocenters. The molecule has 3 heteroatoms. The lowest BCUT2D eigenvalue weighted by atomic mass is 10.6. The van der Waals surface area contributed by atoms with Crippen molar-refractivity contribution in [2.75, 3.05) is 6.66 Å². The first-order valence-electron chi connectivity index (χ1n) is 3.15. The minimum atomic E-state index is -0.606. The molecule has 10 heavy (non-hydrogen) atoms. The molecule has 58 valence electrons. The molecule has 0 rings (SSSR count). The van der Waals surface area contributed by atoms with Crippen LogP contribution < -0.4 is 0 Å². The lowest BCUT2D eigenvalue weighted by molar-refractivity contribution is -0.128. The van der Waals surface area contributed by atoms with Crippen molar-refractivity contribution in [2.45, 2.75) is 19.5 Å². The second kappa shape index (κ2) is 4.45. The lowest BCUT2D eigenvalue weighted by Gasteiger charge is -2.13. The number of carbonyl (C=O) groups is 1. The van der Waals surface area contributed by atoms with E-state index in [0.717, 1.165) is 0 Å². The predicted molar refractivity (Wildman–Crippen MR) is 44.3 cm³/mol. The quantitative estimate of drug-likeness (QED) is 0.467. The Labute approximate surface area is 63.1 Å². The zero-order valence-electron chi connectivity index (χ0n) is 6.63. The monoisotopic (exact) mass is 160 g/mol. The molecule has 0 spiro atoms. The third-order valence-electron chi connectivity index (χ3n) is 1.13. The van der Waals surface area contributed by atoms with Crippen molar-refractivity contribution < 1.29 is 9.32 Å². The first kappa shape index (κ1) is 9.64. The van der Waals surface area contributed by atoms with E-state index in [4.69, 9.17) is 4.52 Å². The van der Waals surface area contributed by atoms with Crippen LogP contribution in [-0.2, 0) is 9.32 Å². The van der Waals surface area contributed by atoms with Crippen LogP contribution in [-0.4, -0.2) is 18.3 Å². The van der Waals surface area contributed by atoms with Gasteiger partial charge in [-0.3, -0.25) is 0 Å². The van der Waals surface area contributed by atoms with Gasteiger partial charge < -0.3 is 4.52 Å². The minimum Gasteiger partial charge on any atom is -0.442 e. The molecule has 0 fully saturated rings. The largest absolute Gasteiger partial charge is 0.442 e. The molecule has 0 saturated carbocycles. The van der Waals surface area contributed by atoms with Crippen LogP contribution in [0.25, 0.3) is 0 Å². The fourth-order valence-electron chi connectivity index (χ4n) is 0.285. The van der Waals surface area contributed by atoms with E-state index in [1.54, 1.807) is 0 Å². The van der Waals surface area contributed by atoms with E-state index < -0.39 is 8.15 Å². The van der Waals surface area contributed by atoms with Gasteiger partial charge in [-0.15, -0.1) is 0 Å². The SMILES string of the molecule is C=CC(=O)OP(C)C(C)C. The zero-order chi connectivity index (χ0) is 8.15. The van der Waals surface area contributed by atoms with Crippen LogP contribution in [0.5, 0.6) is 0 Å². The Kier molecular flexibility index (Phi) is 4.29. The maximum atomic E-state index is 10.6. The molecule has 0 aliphatic rings. The van der Waals surface area contributed by atoms with Crippen LogP contribution >= 0.6 is 8.15 Å². The van der Waals surface area contributed by atoms with Gasteiger partial charge in [0.1, 0.15) is 0 Å². The molecule has 0 aromatic rings. The molecular weight excluding hydrogens is 147 g/mol. The van der Waals surface area contributed by atoms with Crippen molar-refractivity contribution in [1.82, 2.24) is 0 Å². The summed E-state index contributed by atoms with van der Waals surface area (Å²) in [6.45, 7) is 9.30. The normalized spacial score (nSPS) is 12.8. The molecule has 0 aliphatic carbocycles. The van der Waals surface area contributed by atoms with E-state index in [-0.39, 0.29) is 5.97 Å². The highest BCUT2D eigenvalue weighted by atomic mass is 31.1. The van der Waals surface area contributed by atoms with Crippen LogP contribution in [0.2, 0.25) is 0 Å². The van der Waals surface area contributed by atoms with E-state index in [1.165, 1.54) is 6.08 Å². The van der Waals surface area contributed by atoms with E-state index >= 15 is 0 Å². The second-order valence-corrected chi connectivity index (χ2v) is 4.56. The van der Waals surface area contributed by atoms with Gasteiger partial charge in [-0.05, 0) is 6.66 Å². The maximum Gasteiger partial charge on any atom is 0.332 e. The van der Waals surface area contributed by atoms with Gasteiger partial charge >= 0.3 is 5.97 Å². The van der Waals surface area contributed by atoms with Crippen molar-refractivity contribution in [2.24, 2.45) is 0 Å². The minimum absolute atomic E-state index is 0.317. The summed E-state index contributed by atoms with van der Waals surface area (Å²) in [4.78, 5) is 10.6. The van der Waals surface area contributed by atoms with E-state index in [1.807, 2.05) is 20.5 Å². The average Bonchev–Trinajstić information content (AvgIpc) is 1.87. The highest BCUT2D eigenvalue weighted by Crippen LogP contribution is 2.37. The summed E-state index contributed by atoms with van der Waals surface area (Å²) in [6.07, 6.45) is 1.20. The smallest absolute Gasteiger partial charge is 0.332 e. The Balaban J connectivity index is 3.67. The zero-order valence-corrected chi connectivity index (χ0v) is 7.52. The van der Waals surface area contributed by atoms with Gasteiger partial charge in [0.05, 0.1) is 8.15 Å². The maximum absolute atomic E-state index is 10.6. The molecule has 2 nitrogen and oxygen atoms in total. The fraction of sp³-hybridized carbons (Fsp3) is 0.571. The van der Waals surface area contributed by atoms with Crippen molar-refractivity contribution in [3.63, 3.8) is 0 Å². The third kappa shape index (κ3) is 3.62. The summed E-state index contributed by atoms with van der Waals surface area (Å²) in [7, 11) is -0.606. The Morgan fingerprint density at radius 1 is 1.70 bits per heavy atom. The summed E-state index contributed by atoms with van der Waals surface area (Å²) in [5.41, 5.74) is 0.430. The van der Waals surface area contributed by atoms with Gasteiger partial charge in [-0.2, -0.15) is 0 Å². The van der Waals surface area contributed by atoms with Gasteiger partial charge in [-0.1, -0.05) is 20.4 Å². The summed E-state index contributed by atoms with van der Waals surface area (Å²) in [5.74, 6) is -0.317. The van der Waals surface area contributed by atoms with Crippen molar-refractivity contribution >= 4 is 14.1 Å². The second-order valence-electron chi connectivity index (χ2n) is 2.25. The fourth-order valence-corrected chi connectivity index (χ4v) is 0.854. The molecule has 0 bridgehead atoms. The van der Waals surface area contributed by atoms with Crippen molar-refractivity contribution in [1.29, 1.82) is 0 Å².